The first-order valence-corrected chi connectivity index (χ1v) is 23.0. The zero-order valence-corrected chi connectivity index (χ0v) is 35.8. The topological polar surface area (TPSA) is 76.1 Å². The van der Waals surface area contributed by atoms with Gasteiger partial charge < -0.3 is 19.5 Å². The van der Waals surface area contributed by atoms with Gasteiger partial charge in [0.15, 0.2) is 0 Å². The van der Waals surface area contributed by atoms with E-state index in [4.69, 9.17) is 9.47 Å². The molecule has 0 heterocycles. The SMILES string of the molecule is CCCCCCCCCC(=O)OCCCCCCCN(CCO)CCCCCCC(C)(C)C(=O)OC(CCCCCCCC)CCCCCCCC. The number of esters is 2. The molecule has 0 saturated heterocycles. The molecular formula is C46H91NO5. The maximum absolute atomic E-state index is 13.3. The number of carbonyl (C=O) groups excluding carboxylic acids is 2. The highest BCUT2D eigenvalue weighted by atomic mass is 16.5. The minimum absolute atomic E-state index is 0.00315. The van der Waals surface area contributed by atoms with E-state index in [0.29, 0.717) is 13.0 Å². The summed E-state index contributed by atoms with van der Waals surface area (Å²) >= 11 is 0. The third kappa shape index (κ3) is 33.4. The van der Waals surface area contributed by atoms with Crippen LogP contribution >= 0.6 is 0 Å². The van der Waals surface area contributed by atoms with Gasteiger partial charge in [-0.05, 0) is 84.7 Å². The summed E-state index contributed by atoms with van der Waals surface area (Å²) in [4.78, 5) is 27.7. The van der Waals surface area contributed by atoms with Crippen LogP contribution in [0.1, 0.15) is 240 Å². The van der Waals surface area contributed by atoms with Gasteiger partial charge in [-0.1, -0.05) is 162 Å². The third-order valence-corrected chi connectivity index (χ3v) is 10.9. The second-order valence-corrected chi connectivity index (χ2v) is 16.6. The Bertz CT molecular complexity index is 756. The fraction of sp³-hybridized carbons (Fsp3) is 0.957. The average Bonchev–Trinajstić information content (AvgIpc) is 3.12. The van der Waals surface area contributed by atoms with Gasteiger partial charge in [-0.15, -0.1) is 0 Å². The van der Waals surface area contributed by atoms with Crippen molar-refractivity contribution in [1.29, 1.82) is 0 Å². The van der Waals surface area contributed by atoms with E-state index in [1.807, 2.05) is 0 Å². The molecule has 0 aromatic carbocycles. The van der Waals surface area contributed by atoms with Gasteiger partial charge in [0.2, 0.25) is 0 Å². The Morgan fingerprint density at radius 2 is 0.962 bits per heavy atom. The van der Waals surface area contributed by atoms with E-state index in [2.05, 4.69) is 39.5 Å². The van der Waals surface area contributed by atoms with Crippen LogP contribution in [-0.4, -0.2) is 60.9 Å². The van der Waals surface area contributed by atoms with E-state index in [9.17, 15) is 14.7 Å². The molecule has 0 aliphatic rings. The van der Waals surface area contributed by atoms with E-state index in [-0.39, 0.29) is 24.6 Å². The lowest BCUT2D eigenvalue weighted by molar-refractivity contribution is -0.161. The van der Waals surface area contributed by atoms with Crippen LogP contribution < -0.4 is 0 Å². The van der Waals surface area contributed by atoms with Crippen molar-refractivity contribution in [3.8, 4) is 0 Å². The van der Waals surface area contributed by atoms with E-state index in [1.54, 1.807) is 0 Å². The Hall–Kier alpha value is -1.14. The monoisotopic (exact) mass is 738 g/mol. The van der Waals surface area contributed by atoms with Crippen LogP contribution in [0, 0.1) is 5.41 Å². The highest BCUT2D eigenvalue weighted by Gasteiger charge is 2.30. The summed E-state index contributed by atoms with van der Waals surface area (Å²) < 4.78 is 11.7. The Balaban J connectivity index is 4.17. The molecular weight excluding hydrogens is 647 g/mol. The maximum Gasteiger partial charge on any atom is 0.311 e. The molecule has 6 heteroatoms. The van der Waals surface area contributed by atoms with E-state index in [0.717, 1.165) is 96.7 Å². The average molecular weight is 738 g/mol. The zero-order chi connectivity index (χ0) is 38.4. The second kappa shape index (κ2) is 38.1. The largest absolute Gasteiger partial charge is 0.466 e. The summed E-state index contributed by atoms with van der Waals surface area (Å²) in [5.41, 5.74) is -0.432. The van der Waals surface area contributed by atoms with Crippen LogP contribution in [0.15, 0.2) is 0 Å². The van der Waals surface area contributed by atoms with Crippen LogP contribution in [0.25, 0.3) is 0 Å². The fourth-order valence-corrected chi connectivity index (χ4v) is 7.16. The molecule has 0 amide bonds. The summed E-state index contributed by atoms with van der Waals surface area (Å²) in [7, 11) is 0. The number of hydrogen-bond donors (Lipinski definition) is 1. The van der Waals surface area contributed by atoms with Crippen molar-refractivity contribution >= 4 is 11.9 Å². The molecule has 0 fully saturated rings. The van der Waals surface area contributed by atoms with Gasteiger partial charge in [-0.25, -0.2) is 0 Å². The predicted octanol–water partition coefficient (Wildman–Crippen LogP) is 13.3. The van der Waals surface area contributed by atoms with Crippen LogP contribution in [0.5, 0.6) is 0 Å². The minimum Gasteiger partial charge on any atom is -0.466 e. The van der Waals surface area contributed by atoms with Crippen LogP contribution in [0.4, 0.5) is 0 Å². The maximum atomic E-state index is 13.3. The smallest absolute Gasteiger partial charge is 0.311 e. The molecule has 6 nitrogen and oxygen atoms in total. The number of carbonyl (C=O) groups is 2. The molecule has 0 bridgehead atoms. The van der Waals surface area contributed by atoms with Crippen LogP contribution in [0.2, 0.25) is 0 Å². The lowest BCUT2D eigenvalue weighted by Gasteiger charge is -2.27. The number of ether oxygens (including phenoxy) is 2. The minimum atomic E-state index is -0.432. The van der Waals surface area contributed by atoms with Crippen LogP contribution in [0.3, 0.4) is 0 Å². The van der Waals surface area contributed by atoms with Crippen molar-refractivity contribution in [1.82, 2.24) is 4.90 Å². The zero-order valence-electron chi connectivity index (χ0n) is 35.8. The van der Waals surface area contributed by atoms with Gasteiger partial charge >= 0.3 is 11.9 Å². The lowest BCUT2D eigenvalue weighted by atomic mass is 9.86. The van der Waals surface area contributed by atoms with E-state index >= 15 is 0 Å². The van der Waals surface area contributed by atoms with Gasteiger partial charge in [0.25, 0.3) is 0 Å². The Kier molecular flexibility index (Phi) is 37.3. The molecule has 52 heavy (non-hydrogen) atoms. The number of hydrogen-bond acceptors (Lipinski definition) is 6. The van der Waals surface area contributed by atoms with Gasteiger partial charge in [0, 0.05) is 13.0 Å². The Labute approximate surface area is 324 Å². The van der Waals surface area contributed by atoms with Crippen molar-refractivity contribution < 1.29 is 24.2 Å². The molecule has 0 spiro atoms. The number of aliphatic hydroxyl groups excluding tert-OH is 1. The highest BCUT2D eigenvalue weighted by molar-refractivity contribution is 5.76. The van der Waals surface area contributed by atoms with Crippen LogP contribution in [-0.2, 0) is 19.1 Å². The first-order valence-electron chi connectivity index (χ1n) is 23.0. The fourth-order valence-electron chi connectivity index (χ4n) is 7.16. The van der Waals surface area contributed by atoms with Gasteiger partial charge in [-0.3, -0.25) is 9.59 Å². The molecule has 0 aliphatic carbocycles. The van der Waals surface area contributed by atoms with Crippen molar-refractivity contribution in [2.45, 2.75) is 246 Å². The summed E-state index contributed by atoms with van der Waals surface area (Å²) in [6.07, 6.45) is 37.4. The molecule has 1 N–H and O–H groups in total. The second-order valence-electron chi connectivity index (χ2n) is 16.6. The number of unbranched alkanes of at least 4 members (excludes halogenated alkanes) is 23. The first kappa shape index (κ1) is 50.9. The summed E-state index contributed by atoms with van der Waals surface area (Å²) in [5, 5.41) is 9.59. The molecule has 0 atom stereocenters. The summed E-state index contributed by atoms with van der Waals surface area (Å²) in [5.74, 6) is -0.0239. The van der Waals surface area contributed by atoms with Gasteiger partial charge in [-0.2, -0.15) is 0 Å². The third-order valence-electron chi connectivity index (χ3n) is 10.9. The summed E-state index contributed by atoms with van der Waals surface area (Å²) in [6.45, 7) is 14.5. The summed E-state index contributed by atoms with van der Waals surface area (Å²) in [6, 6.07) is 0. The number of nitrogens with zero attached hydrogens (tertiary/aromatic N) is 1. The van der Waals surface area contributed by atoms with Crippen molar-refractivity contribution in [2.75, 3.05) is 32.8 Å². The standard InChI is InChI=1S/C46H91NO5/c1-6-9-12-15-18-22-29-36-44(49)51-42-33-26-19-24-31-38-47(40-41-48)39-32-25-23-30-37-46(4,5)45(50)52-43(34-27-20-16-13-10-7-2)35-28-21-17-14-11-8-3/h43,48H,6-42H2,1-5H3. The molecule has 0 unspecified atom stereocenters. The van der Waals surface area contributed by atoms with E-state index in [1.165, 1.54) is 122 Å². The molecule has 0 saturated carbocycles. The molecule has 0 radical (unpaired) electrons. The molecule has 0 rings (SSSR count). The Morgan fingerprint density at radius 3 is 1.46 bits per heavy atom. The van der Waals surface area contributed by atoms with Crippen molar-refractivity contribution in [3.63, 3.8) is 0 Å². The van der Waals surface area contributed by atoms with Crippen molar-refractivity contribution in [3.05, 3.63) is 0 Å². The van der Waals surface area contributed by atoms with Gasteiger partial charge in [0.05, 0.1) is 18.6 Å². The van der Waals surface area contributed by atoms with E-state index < -0.39 is 5.41 Å². The van der Waals surface area contributed by atoms with Gasteiger partial charge in [0.1, 0.15) is 6.10 Å². The lowest BCUT2D eigenvalue weighted by Crippen LogP contribution is -2.31. The van der Waals surface area contributed by atoms with Crippen molar-refractivity contribution in [2.24, 2.45) is 5.41 Å². The molecule has 0 aromatic heterocycles. The molecule has 0 aromatic rings. The normalized spacial score (nSPS) is 11.9. The predicted molar refractivity (Wildman–Crippen MR) is 223 cm³/mol. The highest BCUT2D eigenvalue weighted by Crippen LogP contribution is 2.28. The molecule has 310 valence electrons. The quantitative estimate of drug-likeness (QED) is 0.0497. The first-order chi connectivity index (χ1) is 25.3. The number of rotatable bonds is 41. The molecule has 0 aliphatic heterocycles. The Morgan fingerprint density at radius 1 is 0.538 bits per heavy atom. The number of aliphatic hydroxyl groups is 1.